The van der Waals surface area contributed by atoms with Crippen LogP contribution >= 0.6 is 22.7 Å². The van der Waals surface area contributed by atoms with Gasteiger partial charge in [0.2, 0.25) is 10.0 Å². The molecule has 3 N–H and O–H groups in total. The van der Waals surface area contributed by atoms with Gasteiger partial charge in [-0.3, -0.25) is 0 Å². The number of nitrogens with two attached hydrogens (primary N) is 1. The number of sulfonamides is 1. The molecule has 0 saturated heterocycles. The summed E-state index contributed by atoms with van der Waals surface area (Å²) in [4.78, 5) is 4.99. The zero-order chi connectivity index (χ0) is 23.6. The Balaban J connectivity index is 1.90. The van der Waals surface area contributed by atoms with Gasteiger partial charge >= 0.3 is 16.3 Å². The molecule has 32 heavy (non-hydrogen) atoms. The molecule has 3 rings (SSSR count). The fourth-order valence-electron chi connectivity index (χ4n) is 2.72. The van der Waals surface area contributed by atoms with Crippen LogP contribution in [-0.4, -0.2) is 33.7 Å². The van der Waals surface area contributed by atoms with Crippen molar-refractivity contribution in [2.24, 2.45) is 5.90 Å². The third kappa shape index (κ3) is 6.57. The predicted molar refractivity (Wildman–Crippen MR) is 114 cm³/mol. The number of nitrogens with one attached hydrogen (secondary N) is 1. The minimum Gasteiger partial charge on any atom is -0.239 e. The van der Waals surface area contributed by atoms with Crippen LogP contribution < -0.4 is 10.6 Å². The highest BCUT2D eigenvalue weighted by Gasteiger charge is 2.36. The van der Waals surface area contributed by atoms with Crippen molar-refractivity contribution in [1.82, 2.24) is 9.71 Å². The molecule has 0 aliphatic carbocycles. The molecule has 0 aliphatic heterocycles. The monoisotopic (exact) mass is 527 g/mol. The standard InChI is InChI=1S/C17H16F3N3O5S4/c18-17(19,20)10-31(24,25)23-13(14-9-30-16(22-14)15-2-1-7-29-15)8-11-3-5-12(6-4-11)32(26,27)28-21/h1-7,9,13,23H,8,10,21H2/t13-/m0/s1. The molecule has 8 nitrogen and oxygen atoms in total. The minimum absolute atomic E-state index is 0.0749. The zero-order valence-electron chi connectivity index (χ0n) is 15.9. The molecule has 0 aliphatic rings. The van der Waals surface area contributed by atoms with Gasteiger partial charge in [0.15, 0.2) is 5.75 Å². The van der Waals surface area contributed by atoms with Gasteiger partial charge in [-0.05, 0) is 35.6 Å². The molecule has 0 radical (unpaired) electrons. The normalized spacial score (nSPS) is 13.9. The smallest absolute Gasteiger partial charge is 0.239 e. The summed E-state index contributed by atoms with van der Waals surface area (Å²) in [6, 6.07) is 7.65. The molecule has 1 aromatic carbocycles. The van der Waals surface area contributed by atoms with Gasteiger partial charge in [-0.25, -0.2) is 18.1 Å². The van der Waals surface area contributed by atoms with Crippen LogP contribution in [0.1, 0.15) is 17.3 Å². The maximum absolute atomic E-state index is 12.7. The largest absolute Gasteiger partial charge is 0.404 e. The van der Waals surface area contributed by atoms with Crippen molar-refractivity contribution in [2.45, 2.75) is 23.5 Å². The number of hydrogen-bond donors (Lipinski definition) is 2. The Morgan fingerprint density at radius 3 is 2.34 bits per heavy atom. The van der Waals surface area contributed by atoms with E-state index >= 15 is 0 Å². The Morgan fingerprint density at radius 1 is 1.09 bits per heavy atom. The van der Waals surface area contributed by atoms with E-state index in [1.165, 1.54) is 46.9 Å². The van der Waals surface area contributed by atoms with Crippen molar-refractivity contribution in [2.75, 3.05) is 5.75 Å². The quantitative estimate of drug-likeness (QED) is 0.409. The summed E-state index contributed by atoms with van der Waals surface area (Å²) in [6.45, 7) is 0. The van der Waals surface area contributed by atoms with Gasteiger partial charge in [0, 0.05) is 5.38 Å². The molecule has 0 spiro atoms. The summed E-state index contributed by atoms with van der Waals surface area (Å²) in [7, 11) is -8.86. The first kappa shape index (κ1) is 24.8. The van der Waals surface area contributed by atoms with Crippen LogP contribution in [-0.2, 0) is 30.8 Å². The summed E-state index contributed by atoms with van der Waals surface area (Å²) >= 11 is 2.64. The Kier molecular flexibility index (Phi) is 7.38. The lowest BCUT2D eigenvalue weighted by atomic mass is 10.1. The van der Waals surface area contributed by atoms with Crippen LogP contribution in [0.15, 0.2) is 52.1 Å². The number of halogens is 3. The lowest BCUT2D eigenvalue weighted by molar-refractivity contribution is -0.106. The number of aromatic nitrogens is 1. The molecule has 1 atom stereocenters. The summed E-state index contributed by atoms with van der Waals surface area (Å²) in [5.41, 5.74) is 0.692. The molecule has 2 aromatic heterocycles. The number of thiophene rings is 1. The van der Waals surface area contributed by atoms with Crippen LogP contribution in [0.5, 0.6) is 0 Å². The van der Waals surface area contributed by atoms with Gasteiger partial charge < -0.3 is 0 Å². The molecule has 0 amide bonds. The Hall–Kier alpha value is -1.88. The van der Waals surface area contributed by atoms with Crippen LogP contribution in [0.25, 0.3) is 9.88 Å². The SMILES string of the molecule is NOS(=O)(=O)c1ccc(C[C@H](NS(=O)(=O)CC(F)(F)F)c2csc(-c3cccs3)n2)cc1. The topological polar surface area (TPSA) is 128 Å². The summed E-state index contributed by atoms with van der Waals surface area (Å²) < 4.78 is 91.6. The average molecular weight is 528 g/mol. The third-order valence-electron chi connectivity index (χ3n) is 4.06. The first-order chi connectivity index (χ1) is 14.9. The van der Waals surface area contributed by atoms with E-state index in [-0.39, 0.29) is 17.0 Å². The zero-order valence-corrected chi connectivity index (χ0v) is 19.2. The van der Waals surface area contributed by atoms with E-state index in [1.807, 2.05) is 17.5 Å². The average Bonchev–Trinajstić information content (AvgIpc) is 3.37. The van der Waals surface area contributed by atoms with Gasteiger partial charge in [-0.1, -0.05) is 18.2 Å². The second kappa shape index (κ2) is 9.54. The van der Waals surface area contributed by atoms with Crippen molar-refractivity contribution >= 4 is 42.8 Å². The van der Waals surface area contributed by atoms with E-state index in [0.717, 1.165) is 4.88 Å². The highest BCUT2D eigenvalue weighted by atomic mass is 32.2. The van der Waals surface area contributed by atoms with Crippen molar-refractivity contribution in [3.05, 3.63) is 58.4 Å². The molecule has 15 heteroatoms. The van der Waals surface area contributed by atoms with Gasteiger partial charge in [0.1, 0.15) is 5.01 Å². The molecule has 3 aromatic rings. The van der Waals surface area contributed by atoms with Gasteiger partial charge in [-0.2, -0.15) is 31.8 Å². The maximum Gasteiger partial charge on any atom is 0.404 e. The number of rotatable bonds is 9. The van der Waals surface area contributed by atoms with E-state index < -0.39 is 38.1 Å². The predicted octanol–water partition coefficient (Wildman–Crippen LogP) is 3.22. The molecular weight excluding hydrogens is 511 g/mol. The summed E-state index contributed by atoms with van der Waals surface area (Å²) in [6.07, 6.45) is -4.99. The van der Waals surface area contributed by atoms with Crippen LogP contribution in [0, 0.1) is 0 Å². The maximum atomic E-state index is 12.7. The van der Waals surface area contributed by atoms with E-state index in [9.17, 15) is 30.0 Å². The molecule has 174 valence electrons. The van der Waals surface area contributed by atoms with E-state index in [0.29, 0.717) is 10.6 Å². The van der Waals surface area contributed by atoms with E-state index in [4.69, 9.17) is 5.90 Å². The fourth-order valence-corrected chi connectivity index (χ4v) is 6.14. The summed E-state index contributed by atoms with van der Waals surface area (Å²) in [5.74, 6) is 2.69. The molecular formula is C17H16F3N3O5S4. The Morgan fingerprint density at radius 2 is 1.78 bits per heavy atom. The highest BCUT2D eigenvalue weighted by Crippen LogP contribution is 2.31. The van der Waals surface area contributed by atoms with E-state index in [1.54, 1.807) is 5.38 Å². The first-order valence-electron chi connectivity index (χ1n) is 8.67. The second-order valence-corrected chi connectivity index (χ2v) is 11.6. The van der Waals surface area contributed by atoms with Crippen LogP contribution in [0.3, 0.4) is 0 Å². The van der Waals surface area contributed by atoms with Gasteiger partial charge in [0.05, 0.1) is 21.5 Å². The second-order valence-electron chi connectivity index (χ2n) is 6.50. The van der Waals surface area contributed by atoms with Gasteiger partial charge in [-0.15, -0.1) is 22.7 Å². The molecule has 0 unspecified atom stereocenters. The summed E-state index contributed by atoms with van der Waals surface area (Å²) in [5, 5.41) is 3.99. The number of hydrogen-bond acceptors (Lipinski definition) is 9. The van der Waals surface area contributed by atoms with Crippen molar-refractivity contribution < 1.29 is 34.3 Å². The number of benzene rings is 1. The number of alkyl halides is 3. The van der Waals surface area contributed by atoms with E-state index in [2.05, 4.69) is 14.0 Å². The molecule has 2 heterocycles. The minimum atomic E-state index is -4.92. The fraction of sp³-hybridized carbons (Fsp3) is 0.235. The number of thiazole rings is 1. The number of nitrogens with zero attached hydrogens (tertiary/aromatic N) is 1. The highest BCUT2D eigenvalue weighted by molar-refractivity contribution is 7.89. The van der Waals surface area contributed by atoms with Crippen LogP contribution in [0.2, 0.25) is 0 Å². The van der Waals surface area contributed by atoms with Crippen molar-refractivity contribution in [3.8, 4) is 9.88 Å². The van der Waals surface area contributed by atoms with Gasteiger partial charge in [0.25, 0.3) is 0 Å². The lowest BCUT2D eigenvalue weighted by Crippen LogP contribution is -2.37. The lowest BCUT2D eigenvalue weighted by Gasteiger charge is -2.18. The Labute approximate surface area is 190 Å². The third-order valence-corrected chi connectivity index (χ3v) is 8.42. The molecule has 0 fully saturated rings. The first-order valence-corrected chi connectivity index (χ1v) is 13.5. The Bertz CT molecular complexity index is 1260. The molecule has 0 bridgehead atoms. The van der Waals surface area contributed by atoms with Crippen molar-refractivity contribution in [3.63, 3.8) is 0 Å². The van der Waals surface area contributed by atoms with Crippen LogP contribution in [0.4, 0.5) is 13.2 Å². The van der Waals surface area contributed by atoms with Crippen molar-refractivity contribution in [1.29, 1.82) is 0 Å². The molecule has 0 saturated carbocycles.